The molecule has 0 fully saturated rings. The summed E-state index contributed by atoms with van der Waals surface area (Å²) in [7, 11) is 1.68. The van der Waals surface area contributed by atoms with Crippen molar-refractivity contribution < 1.29 is 13.6 Å². The van der Waals surface area contributed by atoms with E-state index in [0.717, 1.165) is 17.7 Å². The zero-order valence-corrected chi connectivity index (χ0v) is 11.1. The minimum atomic E-state index is -0.809. The SMILES string of the molecule is CNc1cc(C)ccc1C(=O)Nc1c(F)cccc1F. The summed E-state index contributed by atoms with van der Waals surface area (Å²) >= 11 is 0. The number of benzene rings is 2. The minimum Gasteiger partial charge on any atom is -0.387 e. The van der Waals surface area contributed by atoms with Crippen LogP contribution in [-0.4, -0.2) is 13.0 Å². The number of anilines is 2. The van der Waals surface area contributed by atoms with Gasteiger partial charge in [-0.05, 0) is 36.8 Å². The fourth-order valence-electron chi connectivity index (χ4n) is 1.86. The Kier molecular flexibility index (Phi) is 3.98. The first-order valence-corrected chi connectivity index (χ1v) is 6.06. The first kappa shape index (κ1) is 14.0. The Labute approximate surface area is 115 Å². The maximum Gasteiger partial charge on any atom is 0.257 e. The van der Waals surface area contributed by atoms with Gasteiger partial charge in [0.05, 0.1) is 5.56 Å². The molecular formula is C15H14F2N2O. The van der Waals surface area contributed by atoms with Crippen LogP contribution in [-0.2, 0) is 0 Å². The molecule has 0 bridgehead atoms. The van der Waals surface area contributed by atoms with Crippen LogP contribution in [0.15, 0.2) is 36.4 Å². The molecule has 0 aliphatic carbocycles. The van der Waals surface area contributed by atoms with Gasteiger partial charge in [-0.15, -0.1) is 0 Å². The van der Waals surface area contributed by atoms with E-state index in [1.807, 2.05) is 6.92 Å². The zero-order chi connectivity index (χ0) is 14.7. The molecule has 0 saturated carbocycles. The third-order valence-electron chi connectivity index (χ3n) is 2.89. The first-order chi connectivity index (χ1) is 9.52. The van der Waals surface area contributed by atoms with E-state index in [1.165, 1.54) is 6.07 Å². The summed E-state index contributed by atoms with van der Waals surface area (Å²) in [6, 6.07) is 8.57. The van der Waals surface area contributed by atoms with Crippen molar-refractivity contribution in [2.45, 2.75) is 6.92 Å². The van der Waals surface area contributed by atoms with Gasteiger partial charge in [0.15, 0.2) is 0 Å². The largest absolute Gasteiger partial charge is 0.387 e. The van der Waals surface area contributed by atoms with Crippen molar-refractivity contribution >= 4 is 17.3 Å². The predicted octanol–water partition coefficient (Wildman–Crippen LogP) is 3.57. The van der Waals surface area contributed by atoms with Gasteiger partial charge in [-0.2, -0.15) is 0 Å². The fraction of sp³-hybridized carbons (Fsp3) is 0.133. The van der Waals surface area contributed by atoms with E-state index in [2.05, 4.69) is 10.6 Å². The van der Waals surface area contributed by atoms with Crippen LogP contribution in [0.2, 0.25) is 0 Å². The van der Waals surface area contributed by atoms with E-state index in [1.54, 1.807) is 25.2 Å². The number of halogens is 2. The fourth-order valence-corrected chi connectivity index (χ4v) is 1.86. The van der Waals surface area contributed by atoms with Gasteiger partial charge in [0.1, 0.15) is 17.3 Å². The van der Waals surface area contributed by atoms with Gasteiger partial charge in [0.25, 0.3) is 5.91 Å². The Balaban J connectivity index is 2.33. The van der Waals surface area contributed by atoms with Crippen LogP contribution in [0.3, 0.4) is 0 Å². The lowest BCUT2D eigenvalue weighted by molar-refractivity contribution is 0.102. The van der Waals surface area contributed by atoms with Crippen LogP contribution in [0, 0.1) is 18.6 Å². The molecule has 0 radical (unpaired) electrons. The lowest BCUT2D eigenvalue weighted by atomic mass is 10.1. The van der Waals surface area contributed by atoms with Gasteiger partial charge in [-0.3, -0.25) is 4.79 Å². The third kappa shape index (κ3) is 2.77. The molecule has 2 aromatic carbocycles. The predicted molar refractivity (Wildman–Crippen MR) is 75.0 cm³/mol. The Bertz CT molecular complexity index is 636. The van der Waals surface area contributed by atoms with Gasteiger partial charge < -0.3 is 10.6 Å². The van der Waals surface area contributed by atoms with Crippen molar-refractivity contribution in [1.29, 1.82) is 0 Å². The van der Waals surface area contributed by atoms with Crippen LogP contribution >= 0.6 is 0 Å². The summed E-state index contributed by atoms with van der Waals surface area (Å²) in [6.45, 7) is 1.89. The number of carbonyl (C=O) groups is 1. The van der Waals surface area contributed by atoms with Gasteiger partial charge >= 0.3 is 0 Å². The normalized spacial score (nSPS) is 10.2. The lowest BCUT2D eigenvalue weighted by Crippen LogP contribution is -2.16. The second-order valence-corrected chi connectivity index (χ2v) is 4.35. The summed E-state index contributed by atoms with van der Waals surface area (Å²) in [5.41, 5.74) is 1.45. The van der Waals surface area contributed by atoms with Crippen molar-refractivity contribution in [3.8, 4) is 0 Å². The molecule has 0 aliphatic rings. The molecule has 0 unspecified atom stereocenters. The third-order valence-corrected chi connectivity index (χ3v) is 2.89. The molecule has 0 aromatic heterocycles. The summed E-state index contributed by atoms with van der Waals surface area (Å²) < 4.78 is 27.0. The number of hydrogen-bond acceptors (Lipinski definition) is 2. The molecule has 0 aliphatic heterocycles. The molecule has 2 aromatic rings. The Morgan fingerprint density at radius 3 is 2.35 bits per heavy atom. The highest BCUT2D eigenvalue weighted by molar-refractivity contribution is 6.08. The van der Waals surface area contributed by atoms with E-state index < -0.39 is 23.2 Å². The van der Waals surface area contributed by atoms with Crippen LogP contribution < -0.4 is 10.6 Å². The molecule has 0 spiro atoms. The summed E-state index contributed by atoms with van der Waals surface area (Å²) in [6.07, 6.45) is 0. The molecule has 2 N–H and O–H groups in total. The Morgan fingerprint density at radius 1 is 1.10 bits per heavy atom. The van der Waals surface area contributed by atoms with E-state index in [9.17, 15) is 13.6 Å². The number of carbonyl (C=O) groups excluding carboxylic acids is 1. The van der Waals surface area contributed by atoms with Crippen molar-refractivity contribution in [1.82, 2.24) is 0 Å². The highest BCUT2D eigenvalue weighted by atomic mass is 19.1. The second kappa shape index (κ2) is 5.69. The van der Waals surface area contributed by atoms with Gasteiger partial charge in [0.2, 0.25) is 0 Å². The number of amides is 1. The Morgan fingerprint density at radius 2 is 1.75 bits per heavy atom. The maximum atomic E-state index is 13.5. The van der Waals surface area contributed by atoms with Crippen LogP contribution in [0.4, 0.5) is 20.2 Å². The molecule has 20 heavy (non-hydrogen) atoms. The summed E-state index contributed by atoms with van der Waals surface area (Å²) in [5, 5.41) is 5.14. The van der Waals surface area contributed by atoms with Gasteiger partial charge in [-0.1, -0.05) is 12.1 Å². The average molecular weight is 276 g/mol. The van der Waals surface area contributed by atoms with Crippen LogP contribution in [0.5, 0.6) is 0 Å². The van der Waals surface area contributed by atoms with Crippen molar-refractivity contribution in [3.63, 3.8) is 0 Å². The topological polar surface area (TPSA) is 41.1 Å². The highest BCUT2D eigenvalue weighted by Crippen LogP contribution is 2.22. The molecule has 2 rings (SSSR count). The standard InChI is InChI=1S/C15H14F2N2O/c1-9-6-7-10(13(8-9)18-2)15(20)19-14-11(16)4-3-5-12(14)17/h3-8,18H,1-2H3,(H,19,20). The monoisotopic (exact) mass is 276 g/mol. The average Bonchev–Trinajstić information content (AvgIpc) is 2.42. The molecule has 1 amide bonds. The molecule has 3 nitrogen and oxygen atoms in total. The molecule has 104 valence electrons. The van der Waals surface area contributed by atoms with Gasteiger partial charge in [0, 0.05) is 12.7 Å². The van der Waals surface area contributed by atoms with Crippen molar-refractivity contribution in [3.05, 3.63) is 59.2 Å². The summed E-state index contributed by atoms with van der Waals surface area (Å²) in [4.78, 5) is 12.1. The zero-order valence-electron chi connectivity index (χ0n) is 11.1. The number of hydrogen-bond donors (Lipinski definition) is 2. The van der Waals surface area contributed by atoms with Crippen molar-refractivity contribution in [2.24, 2.45) is 0 Å². The van der Waals surface area contributed by atoms with E-state index in [0.29, 0.717) is 11.3 Å². The number of rotatable bonds is 3. The second-order valence-electron chi connectivity index (χ2n) is 4.35. The smallest absolute Gasteiger partial charge is 0.257 e. The van der Waals surface area contributed by atoms with E-state index in [4.69, 9.17) is 0 Å². The number of nitrogens with one attached hydrogen (secondary N) is 2. The van der Waals surface area contributed by atoms with Crippen LogP contribution in [0.1, 0.15) is 15.9 Å². The number of aryl methyl sites for hydroxylation is 1. The molecule has 0 saturated heterocycles. The first-order valence-electron chi connectivity index (χ1n) is 6.06. The van der Waals surface area contributed by atoms with E-state index in [-0.39, 0.29) is 0 Å². The molecule has 0 atom stereocenters. The molecule has 0 heterocycles. The quantitative estimate of drug-likeness (QED) is 0.899. The minimum absolute atomic E-state index is 0.320. The van der Waals surface area contributed by atoms with Gasteiger partial charge in [-0.25, -0.2) is 8.78 Å². The Hall–Kier alpha value is -2.43. The highest BCUT2D eigenvalue weighted by Gasteiger charge is 2.15. The number of para-hydroxylation sites is 1. The molecule has 5 heteroatoms. The van der Waals surface area contributed by atoms with Crippen LogP contribution in [0.25, 0.3) is 0 Å². The van der Waals surface area contributed by atoms with E-state index >= 15 is 0 Å². The maximum absolute atomic E-state index is 13.5. The van der Waals surface area contributed by atoms with Crippen molar-refractivity contribution in [2.75, 3.05) is 17.7 Å². The molecular weight excluding hydrogens is 262 g/mol. The lowest BCUT2D eigenvalue weighted by Gasteiger charge is -2.11. The summed E-state index contributed by atoms with van der Waals surface area (Å²) in [5.74, 6) is -2.19.